The Morgan fingerprint density at radius 1 is 1.29 bits per heavy atom. The van der Waals surface area contributed by atoms with Gasteiger partial charge in [-0.25, -0.2) is 8.42 Å². The highest BCUT2D eigenvalue weighted by Crippen LogP contribution is 2.38. The SMILES string of the molecule is Cc1ccc(CN(C(=O)c2sc3cc(Cl)ccc3c2Cl)[C@@H]2CCS(=O)(=O)C2)o1. The van der Waals surface area contributed by atoms with Gasteiger partial charge in [-0.3, -0.25) is 4.79 Å². The Balaban J connectivity index is 1.73. The van der Waals surface area contributed by atoms with E-state index in [-0.39, 0.29) is 24.0 Å². The molecular formula is C19H17Cl2NO4S2. The van der Waals surface area contributed by atoms with Crippen molar-refractivity contribution < 1.29 is 17.6 Å². The van der Waals surface area contributed by atoms with Crippen LogP contribution >= 0.6 is 34.5 Å². The van der Waals surface area contributed by atoms with Gasteiger partial charge in [0.2, 0.25) is 0 Å². The van der Waals surface area contributed by atoms with Crippen molar-refractivity contribution in [3.63, 3.8) is 0 Å². The summed E-state index contributed by atoms with van der Waals surface area (Å²) in [5, 5.41) is 1.68. The third-order valence-corrected chi connectivity index (χ3v) is 8.45. The van der Waals surface area contributed by atoms with E-state index in [1.165, 1.54) is 11.3 Å². The second-order valence-corrected chi connectivity index (χ2v) is 11.0. The molecule has 2 aromatic heterocycles. The van der Waals surface area contributed by atoms with E-state index in [0.29, 0.717) is 27.1 Å². The molecule has 28 heavy (non-hydrogen) atoms. The van der Waals surface area contributed by atoms with Gasteiger partial charge in [0, 0.05) is 21.2 Å². The monoisotopic (exact) mass is 457 g/mol. The minimum atomic E-state index is -3.16. The van der Waals surface area contributed by atoms with Gasteiger partial charge in [0.05, 0.1) is 23.1 Å². The first-order valence-corrected chi connectivity index (χ1v) is 12.1. The molecule has 0 radical (unpaired) electrons. The summed E-state index contributed by atoms with van der Waals surface area (Å²) in [6.07, 6.45) is 0.405. The van der Waals surface area contributed by atoms with Crippen LogP contribution < -0.4 is 0 Å². The van der Waals surface area contributed by atoms with Crippen LogP contribution in [-0.4, -0.2) is 36.8 Å². The summed E-state index contributed by atoms with van der Waals surface area (Å²) in [6.45, 7) is 2.01. The summed E-state index contributed by atoms with van der Waals surface area (Å²) in [4.78, 5) is 15.4. The first kappa shape index (κ1) is 19.8. The van der Waals surface area contributed by atoms with Crippen molar-refractivity contribution in [2.75, 3.05) is 11.5 Å². The average molecular weight is 458 g/mol. The fraction of sp³-hybridized carbons (Fsp3) is 0.316. The molecule has 1 aliphatic heterocycles. The van der Waals surface area contributed by atoms with Crippen LogP contribution in [0.3, 0.4) is 0 Å². The van der Waals surface area contributed by atoms with E-state index in [1.54, 1.807) is 29.2 Å². The first-order chi connectivity index (χ1) is 13.2. The minimum Gasteiger partial charge on any atom is -0.464 e. The van der Waals surface area contributed by atoms with Gasteiger partial charge in [0.15, 0.2) is 9.84 Å². The number of halogens is 2. The van der Waals surface area contributed by atoms with E-state index >= 15 is 0 Å². The largest absolute Gasteiger partial charge is 0.464 e. The van der Waals surface area contributed by atoms with E-state index in [9.17, 15) is 13.2 Å². The van der Waals surface area contributed by atoms with Gasteiger partial charge >= 0.3 is 0 Å². The quantitative estimate of drug-likeness (QED) is 0.556. The molecule has 1 atom stereocenters. The number of furan rings is 1. The molecular weight excluding hydrogens is 441 g/mol. The van der Waals surface area contributed by atoms with Crippen LogP contribution in [-0.2, 0) is 16.4 Å². The first-order valence-electron chi connectivity index (χ1n) is 8.68. The highest BCUT2D eigenvalue weighted by atomic mass is 35.5. The van der Waals surface area contributed by atoms with Crippen LogP contribution in [0, 0.1) is 6.92 Å². The predicted molar refractivity (Wildman–Crippen MR) is 112 cm³/mol. The van der Waals surface area contributed by atoms with Crippen LogP contribution in [0.4, 0.5) is 0 Å². The molecule has 5 nitrogen and oxygen atoms in total. The highest BCUT2D eigenvalue weighted by Gasteiger charge is 2.36. The van der Waals surface area contributed by atoms with Gasteiger partial charge < -0.3 is 9.32 Å². The number of carbonyl (C=O) groups is 1. The Morgan fingerprint density at radius 3 is 2.71 bits per heavy atom. The molecule has 0 spiro atoms. The van der Waals surface area contributed by atoms with Crippen molar-refractivity contribution in [2.24, 2.45) is 0 Å². The summed E-state index contributed by atoms with van der Waals surface area (Å²) < 4.78 is 30.5. The molecule has 0 N–H and O–H groups in total. The number of rotatable bonds is 4. The summed E-state index contributed by atoms with van der Waals surface area (Å²) in [5.74, 6) is 1.08. The summed E-state index contributed by atoms with van der Waals surface area (Å²) >= 11 is 13.8. The number of hydrogen-bond acceptors (Lipinski definition) is 5. The van der Waals surface area contributed by atoms with Gasteiger partial charge in [0.25, 0.3) is 5.91 Å². The summed E-state index contributed by atoms with van der Waals surface area (Å²) in [7, 11) is -3.16. The lowest BCUT2D eigenvalue weighted by atomic mass is 10.2. The van der Waals surface area contributed by atoms with Gasteiger partial charge in [-0.05, 0) is 37.6 Å². The number of aryl methyl sites for hydroxylation is 1. The number of fused-ring (bicyclic) bond motifs is 1. The van der Waals surface area contributed by atoms with Crippen molar-refractivity contribution in [3.05, 3.63) is 56.8 Å². The minimum absolute atomic E-state index is 0.0488. The smallest absolute Gasteiger partial charge is 0.266 e. The van der Waals surface area contributed by atoms with E-state index < -0.39 is 15.9 Å². The van der Waals surface area contributed by atoms with E-state index in [0.717, 1.165) is 15.8 Å². The maximum atomic E-state index is 13.4. The molecule has 3 aromatic rings. The molecule has 1 amide bonds. The van der Waals surface area contributed by atoms with Crippen LogP contribution in [0.1, 0.15) is 27.6 Å². The molecule has 0 aliphatic carbocycles. The molecule has 0 bridgehead atoms. The molecule has 1 aromatic carbocycles. The van der Waals surface area contributed by atoms with Crippen molar-refractivity contribution in [1.82, 2.24) is 4.90 Å². The zero-order valence-corrected chi connectivity index (χ0v) is 18.1. The molecule has 148 valence electrons. The Hall–Kier alpha value is -1.54. The number of hydrogen-bond donors (Lipinski definition) is 0. The zero-order chi connectivity index (χ0) is 20.1. The average Bonchev–Trinajstić information content (AvgIpc) is 3.29. The molecule has 1 fully saturated rings. The lowest BCUT2D eigenvalue weighted by molar-refractivity contribution is 0.0671. The molecule has 3 heterocycles. The molecule has 1 saturated heterocycles. The normalized spacial score (nSPS) is 18.6. The topological polar surface area (TPSA) is 67.6 Å². The highest BCUT2D eigenvalue weighted by molar-refractivity contribution is 7.91. The van der Waals surface area contributed by atoms with E-state index in [1.807, 2.05) is 13.0 Å². The van der Waals surface area contributed by atoms with Crippen LogP contribution in [0.15, 0.2) is 34.7 Å². The number of amides is 1. The molecule has 4 rings (SSSR count). The fourth-order valence-electron chi connectivity index (χ4n) is 3.43. The Kier molecular flexibility index (Phi) is 5.20. The maximum absolute atomic E-state index is 13.4. The standard InChI is InChI=1S/C19H17Cl2NO4S2/c1-11-2-4-14(26-11)9-22(13-6-7-28(24,25)10-13)19(23)18-17(21)15-5-3-12(20)8-16(15)27-18/h2-5,8,13H,6-7,9-10H2,1H3/t13-/m1/s1. The molecule has 9 heteroatoms. The Bertz CT molecular complexity index is 1170. The van der Waals surface area contributed by atoms with Crippen LogP contribution in [0.2, 0.25) is 10.0 Å². The lowest BCUT2D eigenvalue weighted by Gasteiger charge is -2.27. The summed E-state index contributed by atoms with van der Waals surface area (Å²) in [6, 6.07) is 8.48. The fourth-order valence-corrected chi connectivity index (χ4v) is 6.91. The number of nitrogens with zero attached hydrogens (tertiary/aromatic N) is 1. The zero-order valence-electron chi connectivity index (χ0n) is 14.9. The second-order valence-electron chi connectivity index (χ2n) is 6.89. The number of sulfone groups is 1. The number of benzene rings is 1. The number of carbonyl (C=O) groups excluding carboxylic acids is 1. The second kappa shape index (κ2) is 7.37. The third kappa shape index (κ3) is 3.81. The Morgan fingerprint density at radius 2 is 2.07 bits per heavy atom. The molecule has 0 saturated carbocycles. The van der Waals surface area contributed by atoms with Crippen molar-refractivity contribution >= 4 is 60.4 Å². The van der Waals surface area contributed by atoms with E-state index in [2.05, 4.69) is 0 Å². The lowest BCUT2D eigenvalue weighted by Crippen LogP contribution is -2.40. The summed E-state index contributed by atoms with van der Waals surface area (Å²) in [5.41, 5.74) is 0. The van der Waals surface area contributed by atoms with Gasteiger partial charge in [-0.1, -0.05) is 29.3 Å². The predicted octanol–water partition coefficient (Wildman–Crippen LogP) is 4.94. The van der Waals surface area contributed by atoms with Crippen molar-refractivity contribution in [2.45, 2.75) is 25.9 Å². The number of thiophene rings is 1. The molecule has 1 aliphatic rings. The van der Waals surface area contributed by atoms with Crippen molar-refractivity contribution in [3.8, 4) is 0 Å². The van der Waals surface area contributed by atoms with Crippen molar-refractivity contribution in [1.29, 1.82) is 0 Å². The molecule has 0 unspecified atom stereocenters. The van der Waals surface area contributed by atoms with E-state index in [4.69, 9.17) is 27.6 Å². The van der Waals surface area contributed by atoms with Gasteiger partial charge in [0.1, 0.15) is 16.4 Å². The van der Waals surface area contributed by atoms with Gasteiger partial charge in [-0.2, -0.15) is 0 Å². The third-order valence-electron chi connectivity index (χ3n) is 4.82. The Labute approximate surface area is 176 Å². The maximum Gasteiger partial charge on any atom is 0.266 e. The van der Waals surface area contributed by atoms with Crippen LogP contribution in [0.25, 0.3) is 10.1 Å². The van der Waals surface area contributed by atoms with Crippen LogP contribution in [0.5, 0.6) is 0 Å². The van der Waals surface area contributed by atoms with Gasteiger partial charge in [-0.15, -0.1) is 11.3 Å².